The summed E-state index contributed by atoms with van der Waals surface area (Å²) < 4.78 is 16.6. The van der Waals surface area contributed by atoms with Gasteiger partial charge in [0.05, 0.1) is 19.9 Å². The molecule has 3 rings (SSSR count). The molecule has 1 aliphatic carbocycles. The number of carbonyl (C=O) groups excluding carboxylic acids is 1. The summed E-state index contributed by atoms with van der Waals surface area (Å²) >= 11 is 6.30. The Morgan fingerprint density at radius 2 is 2.00 bits per heavy atom. The topological polar surface area (TPSA) is 69.7 Å². The van der Waals surface area contributed by atoms with Gasteiger partial charge in [0, 0.05) is 17.5 Å². The van der Waals surface area contributed by atoms with Gasteiger partial charge in [0.15, 0.2) is 0 Å². The molecule has 0 saturated heterocycles. The van der Waals surface area contributed by atoms with Crippen molar-refractivity contribution in [2.24, 2.45) is 5.41 Å². The van der Waals surface area contributed by atoms with Crippen LogP contribution < -0.4 is 14.8 Å². The second-order valence-corrected chi connectivity index (χ2v) is 8.74. The highest BCUT2D eigenvalue weighted by molar-refractivity contribution is 6.32. The van der Waals surface area contributed by atoms with Crippen LogP contribution in [0.5, 0.6) is 11.5 Å². The predicted molar refractivity (Wildman–Crippen MR) is 113 cm³/mol. The van der Waals surface area contributed by atoms with Crippen LogP contribution in [0.1, 0.15) is 33.6 Å². The van der Waals surface area contributed by atoms with Crippen LogP contribution in [0.25, 0.3) is 11.1 Å². The lowest BCUT2D eigenvalue weighted by Crippen LogP contribution is -2.37. The van der Waals surface area contributed by atoms with E-state index in [-0.39, 0.29) is 5.41 Å². The Bertz CT molecular complexity index is 875. The number of amides is 1. The fraction of sp³-hybridized carbons (Fsp3) is 0.455. The molecule has 1 amide bonds. The van der Waals surface area contributed by atoms with Gasteiger partial charge < -0.3 is 19.5 Å². The summed E-state index contributed by atoms with van der Waals surface area (Å²) in [5, 5.41) is 3.25. The molecule has 1 aromatic carbocycles. The number of halogens is 1. The summed E-state index contributed by atoms with van der Waals surface area (Å²) in [6.45, 7) is 6.54. The van der Waals surface area contributed by atoms with Crippen LogP contribution >= 0.6 is 11.6 Å². The summed E-state index contributed by atoms with van der Waals surface area (Å²) in [7, 11) is 1.62. The summed E-state index contributed by atoms with van der Waals surface area (Å²) in [6, 6.07) is 9.50. The molecule has 0 unspecified atom stereocenters. The molecule has 1 aromatic heterocycles. The van der Waals surface area contributed by atoms with Gasteiger partial charge in [0.1, 0.15) is 22.3 Å². The summed E-state index contributed by atoms with van der Waals surface area (Å²) in [5.41, 5.74) is 1.11. The zero-order valence-corrected chi connectivity index (χ0v) is 18.0. The summed E-state index contributed by atoms with van der Waals surface area (Å²) in [5.74, 6) is 1.38. The molecular weight excluding hydrogens is 392 g/mol. The molecule has 1 saturated carbocycles. The Hall–Kier alpha value is -2.47. The number of aromatic nitrogens is 1. The quantitative estimate of drug-likeness (QED) is 0.634. The average Bonchev–Trinajstić information content (AvgIpc) is 3.45. The smallest absolute Gasteiger partial charge is 0.407 e. The second-order valence-electron chi connectivity index (χ2n) is 8.39. The van der Waals surface area contributed by atoms with Crippen molar-refractivity contribution >= 4 is 17.7 Å². The van der Waals surface area contributed by atoms with Gasteiger partial charge in [0.25, 0.3) is 0 Å². The van der Waals surface area contributed by atoms with Crippen LogP contribution in [0.15, 0.2) is 36.5 Å². The fourth-order valence-electron chi connectivity index (χ4n) is 2.86. The highest BCUT2D eigenvalue weighted by atomic mass is 35.5. The third kappa shape index (κ3) is 6.00. The first-order valence-electron chi connectivity index (χ1n) is 9.59. The van der Waals surface area contributed by atoms with E-state index in [0.29, 0.717) is 24.1 Å². The monoisotopic (exact) mass is 418 g/mol. The maximum absolute atomic E-state index is 11.9. The first kappa shape index (κ1) is 21.2. The van der Waals surface area contributed by atoms with Crippen molar-refractivity contribution < 1.29 is 19.0 Å². The van der Waals surface area contributed by atoms with Gasteiger partial charge in [-0.3, -0.25) is 0 Å². The first-order valence-corrected chi connectivity index (χ1v) is 9.97. The number of nitrogens with one attached hydrogen (secondary N) is 1. The number of ether oxygens (including phenoxy) is 3. The molecule has 0 radical (unpaired) electrons. The Morgan fingerprint density at radius 1 is 1.24 bits per heavy atom. The molecule has 1 fully saturated rings. The van der Waals surface area contributed by atoms with Gasteiger partial charge in [-0.05, 0) is 57.4 Å². The van der Waals surface area contributed by atoms with Gasteiger partial charge in [0.2, 0.25) is 0 Å². The molecule has 6 nitrogen and oxygen atoms in total. The normalized spacial score (nSPS) is 14.8. The maximum Gasteiger partial charge on any atom is 0.407 e. The molecule has 0 bridgehead atoms. The van der Waals surface area contributed by atoms with Crippen LogP contribution in [0, 0.1) is 5.41 Å². The molecular formula is C22H27ClN2O4. The zero-order valence-electron chi connectivity index (χ0n) is 17.3. The predicted octanol–water partition coefficient (Wildman–Crippen LogP) is 5.09. The lowest BCUT2D eigenvalue weighted by atomic mass is 10.1. The number of nitrogens with zero attached hydrogens (tertiary/aromatic N) is 1. The van der Waals surface area contributed by atoms with Crippen LogP contribution in [-0.4, -0.2) is 36.9 Å². The minimum atomic E-state index is -0.511. The number of pyridine rings is 1. The van der Waals surface area contributed by atoms with Crippen molar-refractivity contribution in [1.29, 1.82) is 0 Å². The van der Waals surface area contributed by atoms with E-state index in [9.17, 15) is 4.79 Å². The van der Waals surface area contributed by atoms with Crippen molar-refractivity contribution in [3.63, 3.8) is 0 Å². The number of hydrogen-bond acceptors (Lipinski definition) is 5. The minimum absolute atomic E-state index is 0.0628. The Labute approximate surface area is 176 Å². The van der Waals surface area contributed by atoms with Gasteiger partial charge in [-0.25, -0.2) is 9.78 Å². The Kier molecular flexibility index (Phi) is 6.22. The van der Waals surface area contributed by atoms with E-state index in [1.54, 1.807) is 13.3 Å². The van der Waals surface area contributed by atoms with E-state index in [1.165, 1.54) is 0 Å². The van der Waals surface area contributed by atoms with Crippen molar-refractivity contribution in [1.82, 2.24) is 10.3 Å². The zero-order chi connectivity index (χ0) is 21.1. The standard InChI is InChI=1S/C22H27ClN2O4/c1-21(2,3)29-20(26)25-13-22(8-9-22)14-28-17-11-18(19(23)24-12-17)15-6-5-7-16(10-15)27-4/h5-7,10-12H,8-9,13-14H2,1-4H3,(H,25,26). The molecule has 1 aliphatic rings. The third-order valence-electron chi connectivity index (χ3n) is 4.70. The Balaban J connectivity index is 1.62. The van der Waals surface area contributed by atoms with Gasteiger partial charge in [-0.2, -0.15) is 0 Å². The minimum Gasteiger partial charge on any atom is -0.497 e. The molecule has 7 heteroatoms. The molecule has 0 aliphatic heterocycles. The molecule has 2 aromatic rings. The highest BCUT2D eigenvalue weighted by Crippen LogP contribution is 2.45. The van der Waals surface area contributed by atoms with Gasteiger partial charge in [-0.1, -0.05) is 23.7 Å². The van der Waals surface area contributed by atoms with E-state index in [1.807, 2.05) is 51.1 Å². The molecule has 156 valence electrons. The summed E-state index contributed by atoms with van der Waals surface area (Å²) in [4.78, 5) is 16.1. The largest absolute Gasteiger partial charge is 0.497 e. The number of hydrogen-bond donors (Lipinski definition) is 1. The van der Waals surface area contributed by atoms with Gasteiger partial charge >= 0.3 is 6.09 Å². The molecule has 1 heterocycles. The number of alkyl carbamates (subject to hydrolysis) is 1. The van der Waals surface area contributed by atoms with Crippen LogP contribution in [0.2, 0.25) is 5.15 Å². The lowest BCUT2D eigenvalue weighted by Gasteiger charge is -2.22. The lowest BCUT2D eigenvalue weighted by molar-refractivity contribution is 0.0509. The van der Waals surface area contributed by atoms with E-state index in [4.69, 9.17) is 25.8 Å². The van der Waals surface area contributed by atoms with Gasteiger partial charge in [-0.15, -0.1) is 0 Å². The average molecular weight is 419 g/mol. The van der Waals surface area contributed by atoms with Crippen LogP contribution in [0.3, 0.4) is 0 Å². The SMILES string of the molecule is COc1cccc(-c2cc(OCC3(CNC(=O)OC(C)(C)C)CC3)cnc2Cl)c1. The van der Waals surface area contributed by atoms with E-state index in [0.717, 1.165) is 29.7 Å². The van der Waals surface area contributed by atoms with Crippen LogP contribution in [0.4, 0.5) is 4.79 Å². The number of benzene rings is 1. The molecule has 1 N–H and O–H groups in total. The van der Waals surface area contributed by atoms with Crippen molar-refractivity contribution in [2.45, 2.75) is 39.2 Å². The highest BCUT2D eigenvalue weighted by Gasteiger charge is 2.44. The van der Waals surface area contributed by atoms with E-state index >= 15 is 0 Å². The molecule has 29 heavy (non-hydrogen) atoms. The van der Waals surface area contributed by atoms with Crippen molar-refractivity contribution in [3.8, 4) is 22.6 Å². The van der Waals surface area contributed by atoms with Crippen LogP contribution in [-0.2, 0) is 4.74 Å². The number of carbonyl (C=O) groups is 1. The van der Waals surface area contributed by atoms with E-state index < -0.39 is 11.7 Å². The summed E-state index contributed by atoms with van der Waals surface area (Å²) in [6.07, 6.45) is 3.19. The third-order valence-corrected chi connectivity index (χ3v) is 5.00. The van der Waals surface area contributed by atoms with Crippen molar-refractivity contribution in [3.05, 3.63) is 41.7 Å². The second kappa shape index (κ2) is 8.49. The van der Waals surface area contributed by atoms with Crippen molar-refractivity contribution in [2.75, 3.05) is 20.3 Å². The number of methoxy groups -OCH3 is 1. The first-order chi connectivity index (χ1) is 13.7. The molecule has 0 atom stereocenters. The fourth-order valence-corrected chi connectivity index (χ4v) is 3.07. The Morgan fingerprint density at radius 3 is 2.66 bits per heavy atom. The molecule has 0 spiro atoms. The van der Waals surface area contributed by atoms with E-state index in [2.05, 4.69) is 10.3 Å². The maximum atomic E-state index is 11.9. The number of rotatable bonds is 7.